The molecule has 192 valence electrons. The number of nitrogens with one attached hydrogen (secondary N) is 1. The summed E-state index contributed by atoms with van der Waals surface area (Å²) in [5, 5.41) is 18.8. The SMILES string of the molecule is CC(O)c1cccc(-c2nc(N3CCOCC3)c3sc(CN(C)c4ncc(C(=O)NO)cn4)cc3n2)c1. The molecule has 1 fully saturated rings. The average Bonchev–Trinajstić information content (AvgIpc) is 3.35. The first kappa shape index (κ1) is 25.0. The van der Waals surface area contributed by atoms with Crippen molar-refractivity contribution in [3.63, 3.8) is 0 Å². The third-order valence-electron chi connectivity index (χ3n) is 6.08. The molecule has 11 nitrogen and oxygen atoms in total. The van der Waals surface area contributed by atoms with E-state index in [1.54, 1.807) is 23.7 Å². The van der Waals surface area contributed by atoms with Crippen LogP contribution in [-0.4, -0.2) is 69.5 Å². The van der Waals surface area contributed by atoms with Crippen LogP contribution >= 0.6 is 11.3 Å². The number of hydrogen-bond acceptors (Lipinski definition) is 11. The largest absolute Gasteiger partial charge is 0.389 e. The van der Waals surface area contributed by atoms with Crippen LogP contribution in [0.1, 0.15) is 33.8 Å². The summed E-state index contributed by atoms with van der Waals surface area (Å²) < 4.78 is 6.56. The van der Waals surface area contributed by atoms with Gasteiger partial charge in [-0.2, -0.15) is 0 Å². The topological polar surface area (TPSA) is 137 Å². The molecule has 1 saturated heterocycles. The van der Waals surface area contributed by atoms with Crippen LogP contribution in [0.5, 0.6) is 0 Å². The van der Waals surface area contributed by atoms with E-state index in [4.69, 9.17) is 19.9 Å². The van der Waals surface area contributed by atoms with Gasteiger partial charge in [0.15, 0.2) is 11.6 Å². The van der Waals surface area contributed by atoms with E-state index in [0.29, 0.717) is 31.5 Å². The third kappa shape index (κ3) is 5.37. The number of thiophene rings is 1. The Morgan fingerprint density at radius 1 is 1.22 bits per heavy atom. The Balaban J connectivity index is 1.49. The van der Waals surface area contributed by atoms with Gasteiger partial charge in [-0.3, -0.25) is 10.0 Å². The van der Waals surface area contributed by atoms with E-state index in [2.05, 4.69) is 20.9 Å². The van der Waals surface area contributed by atoms with Crippen molar-refractivity contribution in [1.29, 1.82) is 0 Å². The average molecular weight is 522 g/mol. The van der Waals surface area contributed by atoms with Crippen LogP contribution < -0.4 is 15.3 Å². The molecular formula is C25H27N7O4S. The fourth-order valence-electron chi connectivity index (χ4n) is 4.10. The maximum absolute atomic E-state index is 11.5. The lowest BCUT2D eigenvalue weighted by molar-refractivity contribution is 0.0705. The maximum atomic E-state index is 11.5. The number of aromatic nitrogens is 4. The summed E-state index contributed by atoms with van der Waals surface area (Å²) in [6.45, 7) is 5.04. The third-order valence-corrected chi connectivity index (χ3v) is 7.18. The van der Waals surface area contributed by atoms with Gasteiger partial charge in [-0.1, -0.05) is 18.2 Å². The number of anilines is 2. The smallest absolute Gasteiger partial charge is 0.277 e. The van der Waals surface area contributed by atoms with E-state index < -0.39 is 12.0 Å². The van der Waals surface area contributed by atoms with Gasteiger partial charge in [0, 0.05) is 43.0 Å². The van der Waals surface area contributed by atoms with Crippen LogP contribution in [0.15, 0.2) is 42.7 Å². The summed E-state index contributed by atoms with van der Waals surface area (Å²) in [4.78, 5) is 35.0. The second-order valence-corrected chi connectivity index (χ2v) is 9.90. The molecule has 1 amide bonds. The normalized spacial score (nSPS) is 14.5. The van der Waals surface area contributed by atoms with Gasteiger partial charge in [0.25, 0.3) is 5.91 Å². The van der Waals surface area contributed by atoms with Crippen LogP contribution in [0, 0.1) is 0 Å². The Morgan fingerprint density at radius 2 is 1.97 bits per heavy atom. The first-order valence-corrected chi connectivity index (χ1v) is 12.6. The zero-order valence-electron chi connectivity index (χ0n) is 20.5. The van der Waals surface area contributed by atoms with Crippen molar-refractivity contribution < 1.29 is 19.8 Å². The number of rotatable bonds is 7. The van der Waals surface area contributed by atoms with Crippen LogP contribution in [-0.2, 0) is 11.3 Å². The van der Waals surface area contributed by atoms with Gasteiger partial charge >= 0.3 is 0 Å². The lowest BCUT2D eigenvalue weighted by Crippen LogP contribution is -2.36. The molecule has 0 radical (unpaired) electrons. The molecule has 4 heterocycles. The fourth-order valence-corrected chi connectivity index (χ4v) is 5.27. The summed E-state index contributed by atoms with van der Waals surface area (Å²) in [5.41, 5.74) is 4.24. The summed E-state index contributed by atoms with van der Waals surface area (Å²) in [6.07, 6.45) is 2.15. The molecule has 12 heteroatoms. The van der Waals surface area contributed by atoms with Gasteiger partial charge in [0.05, 0.1) is 41.6 Å². The summed E-state index contributed by atoms with van der Waals surface area (Å²) >= 11 is 1.62. The fraction of sp³-hybridized carbons (Fsp3) is 0.320. The van der Waals surface area contributed by atoms with Crippen molar-refractivity contribution in [3.8, 4) is 11.4 Å². The molecular weight excluding hydrogens is 494 g/mol. The summed E-state index contributed by atoms with van der Waals surface area (Å²) in [7, 11) is 1.87. The van der Waals surface area contributed by atoms with E-state index in [1.807, 2.05) is 36.2 Å². The Kier molecular flexibility index (Phi) is 7.24. The molecule has 1 aliphatic heterocycles. The van der Waals surface area contributed by atoms with Crippen molar-refractivity contribution >= 4 is 39.2 Å². The number of aliphatic hydroxyl groups excluding tert-OH is 1. The van der Waals surface area contributed by atoms with E-state index in [0.717, 1.165) is 45.1 Å². The molecule has 1 aromatic carbocycles. The van der Waals surface area contributed by atoms with Crippen molar-refractivity contribution in [2.45, 2.75) is 19.6 Å². The Labute approximate surface area is 217 Å². The summed E-state index contributed by atoms with van der Waals surface area (Å²) in [5.74, 6) is 1.26. The van der Waals surface area contributed by atoms with E-state index in [1.165, 1.54) is 12.4 Å². The van der Waals surface area contributed by atoms with Gasteiger partial charge < -0.3 is 19.6 Å². The molecule has 0 aliphatic carbocycles. The second kappa shape index (κ2) is 10.7. The molecule has 1 unspecified atom stereocenters. The molecule has 3 N–H and O–H groups in total. The number of hydrogen-bond donors (Lipinski definition) is 3. The molecule has 0 bridgehead atoms. The van der Waals surface area contributed by atoms with Crippen LogP contribution in [0.2, 0.25) is 0 Å². The molecule has 3 aromatic heterocycles. The first-order valence-electron chi connectivity index (χ1n) is 11.8. The molecule has 37 heavy (non-hydrogen) atoms. The quantitative estimate of drug-likeness (QED) is 0.246. The van der Waals surface area contributed by atoms with Gasteiger partial charge in [-0.25, -0.2) is 25.4 Å². The highest BCUT2D eigenvalue weighted by Crippen LogP contribution is 2.35. The lowest BCUT2D eigenvalue weighted by atomic mass is 10.1. The van der Waals surface area contributed by atoms with Gasteiger partial charge in [0.2, 0.25) is 5.95 Å². The minimum absolute atomic E-state index is 0.166. The van der Waals surface area contributed by atoms with Crippen molar-refractivity contribution in [2.24, 2.45) is 0 Å². The Morgan fingerprint density at radius 3 is 2.68 bits per heavy atom. The van der Waals surface area contributed by atoms with Gasteiger partial charge in [-0.05, 0) is 24.6 Å². The highest BCUT2D eigenvalue weighted by atomic mass is 32.1. The molecule has 0 spiro atoms. The maximum Gasteiger partial charge on any atom is 0.277 e. The minimum atomic E-state index is -0.664. The van der Waals surface area contributed by atoms with E-state index in [-0.39, 0.29) is 5.56 Å². The lowest BCUT2D eigenvalue weighted by Gasteiger charge is -2.28. The molecule has 1 aliphatic rings. The Bertz CT molecular complexity index is 1400. The number of ether oxygens (including phenoxy) is 1. The monoisotopic (exact) mass is 521 g/mol. The minimum Gasteiger partial charge on any atom is -0.389 e. The number of hydroxylamine groups is 1. The predicted molar refractivity (Wildman–Crippen MR) is 140 cm³/mol. The molecule has 1 atom stereocenters. The zero-order valence-corrected chi connectivity index (χ0v) is 21.3. The standard InChI is InChI=1S/C25H27N7O4S/c1-15(33)16-4-3-5-17(10-16)22-28-20-11-19(37-21(20)23(29-22)32-6-8-36-9-7-32)14-31(2)25-26-12-18(13-27-25)24(34)30-35/h3-5,10-13,15,33,35H,6-9,14H2,1-2H3,(H,30,34). The predicted octanol–water partition coefficient (Wildman–Crippen LogP) is 2.79. The summed E-state index contributed by atoms with van der Waals surface area (Å²) in [6, 6.07) is 9.72. The second-order valence-electron chi connectivity index (χ2n) is 8.77. The van der Waals surface area contributed by atoms with Crippen molar-refractivity contribution in [1.82, 2.24) is 25.4 Å². The van der Waals surface area contributed by atoms with Crippen molar-refractivity contribution in [3.05, 3.63) is 58.7 Å². The van der Waals surface area contributed by atoms with Crippen LogP contribution in [0.3, 0.4) is 0 Å². The number of nitrogens with zero attached hydrogens (tertiary/aromatic N) is 6. The number of morpholine rings is 1. The van der Waals surface area contributed by atoms with Crippen LogP contribution in [0.4, 0.5) is 11.8 Å². The first-order chi connectivity index (χ1) is 17.9. The molecule has 4 aromatic rings. The number of fused-ring (bicyclic) bond motifs is 1. The molecule has 0 saturated carbocycles. The Hall–Kier alpha value is -3.71. The highest BCUT2D eigenvalue weighted by molar-refractivity contribution is 7.19. The van der Waals surface area contributed by atoms with Gasteiger partial charge in [0.1, 0.15) is 0 Å². The number of carbonyl (C=O) groups excluding carboxylic acids is 1. The number of benzene rings is 1. The number of carbonyl (C=O) groups is 1. The number of amides is 1. The van der Waals surface area contributed by atoms with E-state index in [9.17, 15) is 9.90 Å². The molecule has 5 rings (SSSR count). The zero-order chi connectivity index (χ0) is 25.9. The van der Waals surface area contributed by atoms with Crippen molar-refractivity contribution in [2.75, 3.05) is 43.2 Å². The van der Waals surface area contributed by atoms with Gasteiger partial charge in [-0.15, -0.1) is 11.3 Å². The van der Waals surface area contributed by atoms with Crippen LogP contribution in [0.25, 0.3) is 21.6 Å². The number of aliphatic hydroxyl groups is 1. The van der Waals surface area contributed by atoms with E-state index >= 15 is 0 Å². The highest BCUT2D eigenvalue weighted by Gasteiger charge is 2.21.